The molecule has 1 saturated heterocycles. The van der Waals surface area contributed by atoms with Crippen LogP contribution < -0.4 is 15.8 Å². The number of benzene rings is 2. The number of piperidine rings is 1. The van der Waals surface area contributed by atoms with Crippen LogP contribution in [0.5, 0.6) is 5.75 Å². The minimum Gasteiger partial charge on any atom is -0.497 e. The summed E-state index contributed by atoms with van der Waals surface area (Å²) in [7, 11) is 1.70. The topological polar surface area (TPSA) is 62.9 Å². The molecule has 0 atom stereocenters. The standard InChI is InChI=1S/C24H32N4O.HI/c1-29-23-9-5-19(6-10-23)17-28-13-11-18(12-14-28)16-26-24(25)27-22-8-7-20-3-2-4-21(20)15-22;/h5-10,15,18H,2-4,11-14,16-17H2,1H3,(H3,25,26,27);1H. The van der Waals surface area contributed by atoms with Crippen LogP contribution in [0.15, 0.2) is 47.5 Å². The average molecular weight is 520 g/mol. The highest BCUT2D eigenvalue weighted by molar-refractivity contribution is 14.0. The first kappa shape index (κ1) is 22.9. The highest BCUT2D eigenvalue weighted by Gasteiger charge is 2.19. The highest BCUT2D eigenvalue weighted by Crippen LogP contribution is 2.25. The zero-order valence-corrected chi connectivity index (χ0v) is 20.1. The van der Waals surface area contributed by atoms with E-state index in [0.29, 0.717) is 11.9 Å². The van der Waals surface area contributed by atoms with Gasteiger partial charge in [0.1, 0.15) is 5.75 Å². The second kappa shape index (κ2) is 11.0. The molecule has 2 aromatic rings. The molecule has 0 bridgehead atoms. The average Bonchev–Trinajstić information content (AvgIpc) is 3.22. The quantitative estimate of drug-likeness (QED) is 0.336. The molecule has 1 aliphatic heterocycles. The minimum atomic E-state index is 0. The van der Waals surface area contributed by atoms with E-state index in [1.165, 1.54) is 48.8 Å². The molecule has 4 rings (SSSR count). The number of likely N-dealkylation sites (tertiary alicyclic amines) is 1. The van der Waals surface area contributed by atoms with E-state index < -0.39 is 0 Å². The summed E-state index contributed by atoms with van der Waals surface area (Å²) in [6.07, 6.45) is 5.99. The number of halogens is 1. The Kier molecular flexibility index (Phi) is 8.39. The van der Waals surface area contributed by atoms with Crippen molar-refractivity contribution in [3.05, 3.63) is 59.2 Å². The van der Waals surface area contributed by atoms with Crippen LogP contribution in [0.2, 0.25) is 0 Å². The summed E-state index contributed by atoms with van der Waals surface area (Å²) < 4.78 is 5.23. The molecule has 1 heterocycles. The number of hydrogen-bond acceptors (Lipinski definition) is 3. The van der Waals surface area contributed by atoms with Gasteiger partial charge < -0.3 is 15.8 Å². The van der Waals surface area contributed by atoms with Crippen LogP contribution >= 0.6 is 24.0 Å². The smallest absolute Gasteiger partial charge is 0.193 e. The molecule has 0 saturated carbocycles. The minimum absolute atomic E-state index is 0. The summed E-state index contributed by atoms with van der Waals surface area (Å²) in [4.78, 5) is 7.14. The number of aryl methyl sites for hydroxylation is 2. The molecule has 1 fully saturated rings. The number of anilines is 1. The highest BCUT2D eigenvalue weighted by atomic mass is 127. The predicted octanol–water partition coefficient (Wildman–Crippen LogP) is 4.44. The van der Waals surface area contributed by atoms with Gasteiger partial charge in [0.15, 0.2) is 5.96 Å². The Bertz CT molecular complexity index is 845. The first-order valence-electron chi connectivity index (χ1n) is 10.7. The number of nitrogens with two attached hydrogens (primary N) is 1. The van der Waals surface area contributed by atoms with Gasteiger partial charge in [-0.3, -0.25) is 9.89 Å². The molecular weight excluding hydrogens is 487 g/mol. The zero-order chi connectivity index (χ0) is 20.1. The predicted molar refractivity (Wildman–Crippen MR) is 135 cm³/mol. The van der Waals surface area contributed by atoms with Crippen molar-refractivity contribution in [1.82, 2.24) is 4.90 Å². The summed E-state index contributed by atoms with van der Waals surface area (Å²) in [5, 5.41) is 3.27. The third-order valence-corrected chi connectivity index (χ3v) is 6.16. The number of aliphatic imine (C=N–C) groups is 1. The lowest BCUT2D eigenvalue weighted by Gasteiger charge is -2.31. The third-order valence-electron chi connectivity index (χ3n) is 6.16. The zero-order valence-electron chi connectivity index (χ0n) is 17.8. The fourth-order valence-corrected chi connectivity index (χ4v) is 4.38. The van der Waals surface area contributed by atoms with Crippen molar-refractivity contribution in [1.29, 1.82) is 0 Å². The van der Waals surface area contributed by atoms with Crippen molar-refractivity contribution < 1.29 is 4.74 Å². The van der Waals surface area contributed by atoms with Crippen molar-refractivity contribution in [2.24, 2.45) is 16.6 Å². The molecule has 2 aromatic carbocycles. The van der Waals surface area contributed by atoms with Crippen LogP contribution in [0.25, 0.3) is 0 Å². The molecule has 0 aromatic heterocycles. The first-order valence-corrected chi connectivity index (χ1v) is 10.7. The molecular formula is C24H33IN4O. The second-order valence-electron chi connectivity index (χ2n) is 8.26. The first-order chi connectivity index (χ1) is 14.2. The largest absolute Gasteiger partial charge is 0.497 e. The second-order valence-corrected chi connectivity index (χ2v) is 8.26. The Hall–Kier alpha value is -1.80. The van der Waals surface area contributed by atoms with Crippen LogP contribution in [0, 0.1) is 5.92 Å². The van der Waals surface area contributed by atoms with Gasteiger partial charge in [-0.15, -0.1) is 24.0 Å². The SMILES string of the molecule is COc1ccc(CN2CCC(CN=C(N)Nc3ccc4c(c3)CCC4)CC2)cc1.I. The van der Waals surface area contributed by atoms with Crippen molar-refractivity contribution in [3.8, 4) is 5.75 Å². The fraction of sp³-hybridized carbons (Fsp3) is 0.458. The third kappa shape index (κ3) is 6.11. The number of rotatable bonds is 6. The number of ether oxygens (including phenoxy) is 1. The Morgan fingerprint density at radius 3 is 2.57 bits per heavy atom. The summed E-state index contributed by atoms with van der Waals surface area (Å²) in [6.45, 7) is 4.04. The normalized spacial score (nSPS) is 17.3. The van der Waals surface area contributed by atoms with E-state index in [1.807, 2.05) is 12.1 Å². The van der Waals surface area contributed by atoms with Gasteiger partial charge in [-0.2, -0.15) is 0 Å². The number of methoxy groups -OCH3 is 1. The van der Waals surface area contributed by atoms with Gasteiger partial charge >= 0.3 is 0 Å². The van der Waals surface area contributed by atoms with Crippen LogP contribution in [-0.2, 0) is 19.4 Å². The fourth-order valence-electron chi connectivity index (χ4n) is 4.38. The Morgan fingerprint density at radius 2 is 1.83 bits per heavy atom. The summed E-state index contributed by atoms with van der Waals surface area (Å²) in [5.41, 5.74) is 11.5. The van der Waals surface area contributed by atoms with Crippen LogP contribution in [-0.4, -0.2) is 37.6 Å². The summed E-state index contributed by atoms with van der Waals surface area (Å²) in [6, 6.07) is 14.9. The lowest BCUT2D eigenvalue weighted by Crippen LogP contribution is -2.34. The van der Waals surface area contributed by atoms with Gasteiger partial charge in [0.05, 0.1) is 7.11 Å². The molecule has 0 unspecified atom stereocenters. The Labute approximate surface area is 197 Å². The molecule has 30 heavy (non-hydrogen) atoms. The van der Waals surface area contributed by atoms with Gasteiger partial charge in [0.2, 0.25) is 0 Å². The lowest BCUT2D eigenvalue weighted by molar-refractivity contribution is 0.180. The molecule has 1 aliphatic carbocycles. The van der Waals surface area contributed by atoms with E-state index in [2.05, 4.69) is 45.5 Å². The van der Waals surface area contributed by atoms with Crippen molar-refractivity contribution in [2.75, 3.05) is 32.1 Å². The number of hydrogen-bond donors (Lipinski definition) is 2. The van der Waals surface area contributed by atoms with E-state index in [0.717, 1.165) is 37.6 Å². The molecule has 0 radical (unpaired) electrons. The van der Waals surface area contributed by atoms with E-state index in [4.69, 9.17) is 10.5 Å². The molecule has 0 spiro atoms. The molecule has 3 N–H and O–H groups in total. The molecule has 162 valence electrons. The van der Waals surface area contributed by atoms with E-state index >= 15 is 0 Å². The van der Waals surface area contributed by atoms with Gasteiger partial charge in [0.25, 0.3) is 0 Å². The van der Waals surface area contributed by atoms with Crippen LogP contribution in [0.1, 0.15) is 36.0 Å². The van der Waals surface area contributed by atoms with Gasteiger partial charge in [-0.1, -0.05) is 18.2 Å². The van der Waals surface area contributed by atoms with Crippen LogP contribution in [0.4, 0.5) is 5.69 Å². The van der Waals surface area contributed by atoms with E-state index in [-0.39, 0.29) is 24.0 Å². The van der Waals surface area contributed by atoms with Gasteiger partial charge in [-0.25, -0.2) is 0 Å². The van der Waals surface area contributed by atoms with Crippen molar-refractivity contribution in [2.45, 2.75) is 38.6 Å². The maximum Gasteiger partial charge on any atom is 0.193 e. The maximum absolute atomic E-state index is 6.14. The van der Waals surface area contributed by atoms with E-state index in [9.17, 15) is 0 Å². The maximum atomic E-state index is 6.14. The molecule has 0 amide bonds. The molecule has 6 heteroatoms. The summed E-state index contributed by atoms with van der Waals surface area (Å²) >= 11 is 0. The van der Waals surface area contributed by atoms with Gasteiger partial charge in [0, 0.05) is 18.8 Å². The van der Waals surface area contributed by atoms with E-state index in [1.54, 1.807) is 7.11 Å². The van der Waals surface area contributed by atoms with Crippen molar-refractivity contribution in [3.63, 3.8) is 0 Å². The summed E-state index contributed by atoms with van der Waals surface area (Å²) in [5.74, 6) is 2.06. The Balaban J connectivity index is 0.00000256. The lowest BCUT2D eigenvalue weighted by atomic mass is 9.96. The monoisotopic (exact) mass is 520 g/mol. The number of nitrogens with zero attached hydrogens (tertiary/aromatic N) is 2. The molecule has 5 nitrogen and oxygen atoms in total. The Morgan fingerprint density at radius 1 is 1.10 bits per heavy atom. The van der Waals surface area contributed by atoms with Crippen LogP contribution in [0.3, 0.4) is 0 Å². The number of fused-ring (bicyclic) bond motifs is 1. The number of nitrogens with one attached hydrogen (secondary N) is 1. The van der Waals surface area contributed by atoms with Crippen molar-refractivity contribution >= 4 is 35.6 Å². The molecule has 2 aliphatic rings. The van der Waals surface area contributed by atoms with Gasteiger partial charge in [-0.05, 0) is 92.1 Å². The number of guanidine groups is 1.